The predicted octanol–water partition coefficient (Wildman–Crippen LogP) is 30.7. The van der Waals surface area contributed by atoms with Gasteiger partial charge in [0.15, 0.2) is 0 Å². The summed E-state index contributed by atoms with van der Waals surface area (Å²) < 4.78 is 10.8. The Morgan fingerprint density at radius 1 is 0.185 bits per heavy atom. The van der Waals surface area contributed by atoms with Crippen LogP contribution in [0.5, 0.6) is 11.5 Å². The quantitative estimate of drug-likeness (QED) is 0.0431. The number of anilines is 15. The van der Waals surface area contributed by atoms with Crippen LogP contribution < -0.4 is 38.9 Å². The largest absolute Gasteiger partial charge is 0.497 e. The fourth-order valence-electron chi connectivity index (χ4n) is 15.3. The molecule has 0 atom stereocenters. The lowest BCUT2D eigenvalue weighted by atomic mass is 10.0. The van der Waals surface area contributed by atoms with Crippen LogP contribution in [0.4, 0.5) is 91.0 Å². The molecule has 0 N–H and O–H groups in total. The van der Waals surface area contributed by atoms with Crippen LogP contribution in [0.1, 0.15) is 0 Å². The fourth-order valence-corrected chi connectivity index (χ4v) is 15.3. The van der Waals surface area contributed by atoms with Crippen LogP contribution in [0.15, 0.2) is 473 Å². The number of nitro benzene ring substituents is 1. The van der Waals surface area contributed by atoms with Crippen molar-refractivity contribution in [2.75, 3.05) is 64.8 Å². The van der Waals surface area contributed by atoms with E-state index >= 15 is 0 Å². The van der Waals surface area contributed by atoms with Crippen molar-refractivity contribution in [3.63, 3.8) is 0 Å². The van der Waals surface area contributed by atoms with Crippen molar-refractivity contribution in [2.24, 2.45) is 0 Å². The van der Waals surface area contributed by atoms with Gasteiger partial charge in [-0.05, 0) is 261 Å². The van der Waals surface area contributed by atoms with Crippen LogP contribution in [-0.4, -0.2) is 40.3 Å². The van der Waals surface area contributed by atoms with E-state index in [1.54, 1.807) is 26.4 Å². The van der Waals surface area contributed by atoms with Crippen LogP contribution in [0, 0.1) is 10.1 Å². The topological polar surface area (TPSA) is 81.0 Å². The Morgan fingerprint density at radius 2 is 0.363 bits per heavy atom. The van der Waals surface area contributed by atoms with Crippen LogP contribution in [0.3, 0.4) is 0 Å². The van der Waals surface area contributed by atoms with Gasteiger partial charge in [-0.25, -0.2) is 0 Å². The Balaban J connectivity index is 0.000000137. The summed E-state index contributed by atoms with van der Waals surface area (Å²) in [5.41, 5.74) is 30.4. The molecule has 604 valence electrons. The molecule has 0 aliphatic carbocycles. The van der Waals surface area contributed by atoms with Gasteiger partial charge < -0.3 is 38.9 Å². The number of hydrogen-bond acceptors (Lipinski definition) is 10. The third-order valence-corrected chi connectivity index (χ3v) is 22.2. The van der Waals surface area contributed by atoms with Gasteiger partial charge in [0.25, 0.3) is 5.69 Å². The molecular weight excluding hydrogens is 1520 g/mol. The number of nitro groups is 1. The van der Waals surface area contributed by atoms with Crippen molar-refractivity contribution in [1.82, 2.24) is 0 Å². The zero-order valence-corrected chi connectivity index (χ0v) is 69.8. The Bertz CT molecular complexity index is 6160. The van der Waals surface area contributed by atoms with E-state index in [0.717, 1.165) is 96.8 Å². The molecule has 0 bridgehead atoms. The lowest BCUT2D eigenvalue weighted by Gasteiger charge is -2.27. The minimum Gasteiger partial charge on any atom is -0.497 e. The van der Waals surface area contributed by atoms with Gasteiger partial charge in [0.2, 0.25) is 0 Å². The number of hydrogen-bond donors (Lipinski definition) is 0. The molecule has 0 aliphatic rings. The molecule has 0 heterocycles. The van der Waals surface area contributed by atoms with Gasteiger partial charge in [-0.1, -0.05) is 261 Å². The van der Waals surface area contributed by atoms with Gasteiger partial charge in [0.05, 0.1) is 19.1 Å². The molecule has 0 saturated carbocycles. The smallest absolute Gasteiger partial charge is 0.269 e. The Hall–Kier alpha value is -16.2. The number of methoxy groups -OCH3 is 2. The van der Waals surface area contributed by atoms with Crippen molar-refractivity contribution in [2.45, 2.75) is 0 Å². The highest BCUT2D eigenvalue weighted by atomic mass is 16.6. The molecule has 0 spiro atoms. The van der Waals surface area contributed by atoms with Crippen molar-refractivity contribution in [3.8, 4) is 78.3 Å². The normalized spacial score (nSPS) is 10.7. The molecule has 0 unspecified atom stereocenters. The molecule has 0 radical (unpaired) electrons. The summed E-state index contributed by atoms with van der Waals surface area (Å²) >= 11 is 0. The van der Waals surface area contributed by atoms with Gasteiger partial charge in [0, 0.05) is 125 Å². The number of benzene rings is 18. The summed E-state index contributed by atoms with van der Waals surface area (Å²) in [4.78, 5) is 23.9. The Kier molecular flexibility index (Phi) is 25.7. The Morgan fingerprint density at radius 3 is 0.573 bits per heavy atom. The first-order valence-electron chi connectivity index (χ1n) is 41.3. The second-order valence-corrected chi connectivity index (χ2v) is 29.9. The maximum atomic E-state index is 11.1. The number of non-ortho nitro benzene ring substituents is 1. The standard InChI is InChI=1S/2C38H32N2O.C37H29N3O2/c1-39(37-14-9-15-38(28-37)41-2)33-24-26-36(27-25-33)40(34-20-16-31(17-21-34)29-10-5-3-6-11-29)35-22-18-32(19-23-35)30-12-7-4-8-13-30;1-39(34-25-27-38(41-2)28-26-34)33-21-23-37(24-22-33)40(35-17-13-31(14-18-35)29-9-5-3-6-10-29)36-19-15-32(16-20-36)30-11-7-4-8-12-30;1-38(33-22-26-37(27-23-33)40(41)42)32-20-24-36(25-21-32)39(34-16-12-30(13-17-34)28-8-4-2-5-9-28)35-18-14-31(15-19-35)29-10-6-3-7-11-29/h2*3-28H,1-2H3;2-27H,1H3. The van der Waals surface area contributed by atoms with Crippen molar-refractivity contribution in [3.05, 3.63) is 483 Å². The van der Waals surface area contributed by atoms with Crippen molar-refractivity contribution < 1.29 is 14.4 Å². The van der Waals surface area contributed by atoms with Crippen molar-refractivity contribution >= 4 is 91.0 Å². The molecule has 11 heteroatoms. The summed E-state index contributed by atoms with van der Waals surface area (Å²) in [5, 5.41) is 11.1. The lowest BCUT2D eigenvalue weighted by Crippen LogP contribution is -2.12. The molecule has 124 heavy (non-hydrogen) atoms. The SMILES string of the molecule is CN(c1ccc(N(c2ccc(-c3ccccc3)cc2)c2ccc(-c3ccccc3)cc2)cc1)c1ccc([N+](=O)[O-])cc1.COc1ccc(N(C)c2ccc(N(c3ccc(-c4ccccc4)cc3)c3ccc(-c4ccccc4)cc3)cc2)cc1.COc1cccc(N(C)c2ccc(N(c3ccc(-c4ccccc4)cc3)c3ccc(-c4ccccc4)cc3)cc2)c1. The van der Waals surface area contributed by atoms with Crippen LogP contribution >= 0.6 is 0 Å². The molecule has 18 rings (SSSR count). The summed E-state index contributed by atoms with van der Waals surface area (Å²) in [6, 6.07) is 164. The number of rotatable bonds is 24. The van der Waals surface area contributed by atoms with Gasteiger partial charge in [-0.3, -0.25) is 10.1 Å². The average molecular weight is 1610 g/mol. The van der Waals surface area contributed by atoms with Gasteiger partial charge in [-0.2, -0.15) is 0 Å². The first-order chi connectivity index (χ1) is 60.9. The second kappa shape index (κ2) is 39.1. The van der Waals surface area contributed by atoms with Gasteiger partial charge >= 0.3 is 0 Å². The van der Waals surface area contributed by atoms with E-state index in [-0.39, 0.29) is 10.6 Å². The van der Waals surface area contributed by atoms with E-state index < -0.39 is 0 Å². The predicted molar refractivity (Wildman–Crippen MR) is 519 cm³/mol. The molecule has 18 aromatic rings. The summed E-state index contributed by atoms with van der Waals surface area (Å²) in [6.45, 7) is 0. The maximum absolute atomic E-state index is 11.1. The summed E-state index contributed by atoms with van der Waals surface area (Å²) in [6.07, 6.45) is 0. The van der Waals surface area contributed by atoms with Gasteiger partial charge in [-0.15, -0.1) is 0 Å². The third-order valence-electron chi connectivity index (χ3n) is 22.2. The molecule has 0 fully saturated rings. The van der Waals surface area contributed by atoms with E-state index in [9.17, 15) is 10.1 Å². The van der Waals surface area contributed by atoms with E-state index in [1.165, 1.54) is 78.9 Å². The van der Waals surface area contributed by atoms with Crippen LogP contribution in [0.25, 0.3) is 66.8 Å². The molecule has 0 amide bonds. The molecule has 11 nitrogen and oxygen atoms in total. The van der Waals surface area contributed by atoms with E-state index in [4.69, 9.17) is 9.47 Å². The van der Waals surface area contributed by atoms with E-state index in [1.807, 2.05) is 66.5 Å². The number of ether oxygens (including phenoxy) is 2. The highest BCUT2D eigenvalue weighted by Gasteiger charge is 2.20. The molecule has 0 aromatic heterocycles. The average Bonchev–Trinajstić information content (AvgIpc) is 0.799. The highest BCUT2D eigenvalue weighted by Crippen LogP contribution is 2.43. The third kappa shape index (κ3) is 19.5. The van der Waals surface area contributed by atoms with E-state index in [0.29, 0.717) is 0 Å². The maximum Gasteiger partial charge on any atom is 0.269 e. The first-order valence-corrected chi connectivity index (χ1v) is 41.3. The van der Waals surface area contributed by atoms with E-state index in [2.05, 4.69) is 433 Å². The number of nitrogens with zero attached hydrogens (tertiary/aromatic N) is 7. The zero-order valence-electron chi connectivity index (χ0n) is 69.8. The molecular formula is C113H93N7O4. The minimum absolute atomic E-state index is 0.0784. The van der Waals surface area contributed by atoms with Gasteiger partial charge in [0.1, 0.15) is 11.5 Å². The highest BCUT2D eigenvalue weighted by molar-refractivity contribution is 5.86. The molecule has 0 aliphatic heterocycles. The van der Waals surface area contributed by atoms with Crippen molar-refractivity contribution in [1.29, 1.82) is 0 Å². The lowest BCUT2D eigenvalue weighted by molar-refractivity contribution is -0.384. The summed E-state index contributed by atoms with van der Waals surface area (Å²) in [7, 11) is 9.50. The molecule has 18 aromatic carbocycles. The first kappa shape index (κ1) is 81.5. The van der Waals surface area contributed by atoms with Crippen LogP contribution in [0.2, 0.25) is 0 Å². The van der Waals surface area contributed by atoms with Crippen LogP contribution in [-0.2, 0) is 0 Å². The zero-order chi connectivity index (χ0) is 84.9. The monoisotopic (exact) mass is 1610 g/mol. The molecule has 0 saturated heterocycles. The Labute approximate surface area is 727 Å². The fraction of sp³-hybridized carbons (Fsp3) is 0.0442. The summed E-state index contributed by atoms with van der Waals surface area (Å²) in [5.74, 6) is 1.69. The second-order valence-electron chi connectivity index (χ2n) is 29.9. The minimum atomic E-state index is -0.383.